The number of rotatable bonds is 6. The number of hydrogen-bond acceptors (Lipinski definition) is 6. The van der Waals surface area contributed by atoms with Gasteiger partial charge in [-0.2, -0.15) is 28.2 Å². The third-order valence-electron chi connectivity index (χ3n) is 5.00. The van der Waals surface area contributed by atoms with Crippen molar-refractivity contribution in [3.8, 4) is 29.0 Å². The second kappa shape index (κ2) is 9.69. The summed E-state index contributed by atoms with van der Waals surface area (Å²) in [5.41, 5.74) is -0.485. The van der Waals surface area contributed by atoms with E-state index >= 15 is 0 Å². The van der Waals surface area contributed by atoms with Gasteiger partial charge in [-0.1, -0.05) is 24.3 Å². The number of nitriles is 1. The van der Waals surface area contributed by atoms with Crippen molar-refractivity contribution in [2.75, 3.05) is 13.7 Å². The molecule has 0 N–H and O–H groups in total. The van der Waals surface area contributed by atoms with Crippen LogP contribution in [0.25, 0.3) is 22.3 Å². The molecule has 4 rings (SSSR count). The van der Waals surface area contributed by atoms with E-state index in [1.165, 1.54) is 25.5 Å². The van der Waals surface area contributed by atoms with Gasteiger partial charge < -0.3 is 9.47 Å². The Bertz CT molecular complexity index is 1520. The van der Waals surface area contributed by atoms with E-state index in [9.17, 15) is 18.0 Å². The van der Waals surface area contributed by atoms with Gasteiger partial charge in [0.2, 0.25) is 0 Å². The molecule has 1 aromatic heterocycles. The molecule has 3 aromatic carbocycles. The first-order valence-corrected chi connectivity index (χ1v) is 10.2. The molecule has 0 saturated carbocycles. The molecule has 0 radical (unpaired) electrons. The predicted octanol–water partition coefficient (Wildman–Crippen LogP) is 4.88. The number of methoxy groups -OCH3 is 1. The predicted molar refractivity (Wildman–Crippen MR) is 124 cm³/mol. The van der Waals surface area contributed by atoms with Crippen molar-refractivity contribution in [1.29, 1.82) is 5.26 Å². The lowest BCUT2D eigenvalue weighted by molar-refractivity contribution is -0.137. The molecule has 10 heteroatoms. The van der Waals surface area contributed by atoms with Crippen LogP contribution in [-0.4, -0.2) is 29.6 Å². The van der Waals surface area contributed by atoms with Gasteiger partial charge in [-0.25, -0.2) is 4.98 Å². The third-order valence-corrected chi connectivity index (χ3v) is 5.00. The molecule has 0 bridgehead atoms. The zero-order valence-corrected chi connectivity index (χ0v) is 18.3. The van der Waals surface area contributed by atoms with E-state index in [0.717, 1.165) is 16.8 Å². The van der Waals surface area contributed by atoms with E-state index in [4.69, 9.17) is 14.7 Å². The van der Waals surface area contributed by atoms with E-state index in [0.29, 0.717) is 22.6 Å². The average Bonchev–Trinajstić information content (AvgIpc) is 2.86. The summed E-state index contributed by atoms with van der Waals surface area (Å²) in [6.45, 7) is -0.164. The number of fused-ring (bicyclic) bond motifs is 1. The van der Waals surface area contributed by atoms with E-state index < -0.39 is 17.3 Å². The van der Waals surface area contributed by atoms with Crippen LogP contribution in [0.5, 0.6) is 11.5 Å². The van der Waals surface area contributed by atoms with Crippen LogP contribution in [0, 0.1) is 11.3 Å². The lowest BCUT2D eigenvalue weighted by atomic mass is 10.1. The Morgan fingerprint density at radius 3 is 2.63 bits per heavy atom. The molecule has 0 saturated heterocycles. The number of hydrogen-bond donors (Lipinski definition) is 0. The summed E-state index contributed by atoms with van der Waals surface area (Å²) in [6.07, 6.45) is -3.21. The summed E-state index contributed by atoms with van der Waals surface area (Å²) in [7, 11) is 1.43. The Labute approximate surface area is 197 Å². The average molecular weight is 478 g/mol. The number of halogens is 3. The van der Waals surface area contributed by atoms with Crippen molar-refractivity contribution in [2.45, 2.75) is 6.18 Å². The summed E-state index contributed by atoms with van der Waals surface area (Å²) in [6, 6.07) is 17.7. The van der Waals surface area contributed by atoms with Gasteiger partial charge >= 0.3 is 6.18 Å². The van der Waals surface area contributed by atoms with Crippen molar-refractivity contribution >= 4 is 17.1 Å². The lowest BCUT2D eigenvalue weighted by Crippen LogP contribution is -2.20. The molecule has 4 aromatic rings. The molecule has 0 aliphatic heterocycles. The maximum absolute atomic E-state index is 13.3. The van der Waals surface area contributed by atoms with Gasteiger partial charge in [-0.15, -0.1) is 0 Å². The van der Waals surface area contributed by atoms with Crippen LogP contribution in [-0.2, 0) is 6.18 Å². The maximum Gasteiger partial charge on any atom is 0.416 e. The van der Waals surface area contributed by atoms with Gasteiger partial charge in [0.1, 0.15) is 6.07 Å². The smallest absolute Gasteiger partial charge is 0.416 e. The minimum Gasteiger partial charge on any atom is -0.493 e. The Balaban J connectivity index is 1.85. The van der Waals surface area contributed by atoms with Gasteiger partial charge in [0.25, 0.3) is 5.56 Å². The van der Waals surface area contributed by atoms with Crippen molar-refractivity contribution in [1.82, 2.24) is 9.66 Å². The van der Waals surface area contributed by atoms with Gasteiger partial charge in [0, 0.05) is 5.56 Å². The summed E-state index contributed by atoms with van der Waals surface area (Å²) in [5, 5.41) is 13.2. The van der Waals surface area contributed by atoms with Gasteiger partial charge in [0.15, 0.2) is 23.9 Å². The second-order valence-corrected chi connectivity index (χ2v) is 7.25. The van der Waals surface area contributed by atoms with Gasteiger partial charge in [0.05, 0.1) is 29.8 Å². The van der Waals surface area contributed by atoms with Crippen LogP contribution in [0.4, 0.5) is 13.2 Å². The molecule has 7 nitrogen and oxygen atoms in total. The first-order chi connectivity index (χ1) is 16.8. The molecule has 0 aliphatic carbocycles. The number of aromatic nitrogens is 2. The molecular formula is C25H17F3N4O3. The SMILES string of the molecule is COc1cc(C=Nn2c(-c3cccc(C(F)(F)F)c3)nc3ccccc3c2=O)ccc1OCC#N. The molecule has 0 atom stereocenters. The lowest BCUT2D eigenvalue weighted by Gasteiger charge is -2.12. The largest absolute Gasteiger partial charge is 0.493 e. The molecule has 0 fully saturated rings. The normalized spacial score (nSPS) is 11.5. The second-order valence-electron chi connectivity index (χ2n) is 7.25. The molecule has 35 heavy (non-hydrogen) atoms. The number of nitrogens with zero attached hydrogens (tertiary/aromatic N) is 4. The van der Waals surface area contributed by atoms with Crippen LogP contribution >= 0.6 is 0 Å². The Hall–Kier alpha value is -4.65. The van der Waals surface area contributed by atoms with Crippen molar-refractivity contribution in [3.05, 3.63) is 88.2 Å². The standard InChI is InChI=1S/C25H17F3N4O3/c1-34-22-13-16(9-10-21(22)35-12-11-29)15-30-32-23(17-5-4-6-18(14-17)25(26,27)28)31-20-8-3-2-7-19(20)24(32)33/h2-10,13-15H,12H2,1H3. The number of ether oxygens (including phenoxy) is 2. The van der Waals surface area contributed by atoms with E-state index in [1.807, 2.05) is 6.07 Å². The third kappa shape index (κ3) is 4.99. The minimum atomic E-state index is -4.56. The molecular weight excluding hydrogens is 461 g/mol. The first-order valence-electron chi connectivity index (χ1n) is 10.2. The highest BCUT2D eigenvalue weighted by Crippen LogP contribution is 2.32. The number of benzene rings is 3. The highest BCUT2D eigenvalue weighted by Gasteiger charge is 2.31. The zero-order valence-electron chi connectivity index (χ0n) is 18.3. The topological polar surface area (TPSA) is 89.5 Å². The fourth-order valence-corrected chi connectivity index (χ4v) is 3.37. The van der Waals surface area contributed by atoms with Crippen LogP contribution < -0.4 is 15.0 Å². The Morgan fingerprint density at radius 2 is 1.89 bits per heavy atom. The summed E-state index contributed by atoms with van der Waals surface area (Å²) >= 11 is 0. The fraction of sp³-hybridized carbons (Fsp3) is 0.120. The monoisotopic (exact) mass is 478 g/mol. The number of alkyl halides is 3. The van der Waals surface area contributed by atoms with Crippen LogP contribution in [0.2, 0.25) is 0 Å². The maximum atomic E-state index is 13.3. The fourth-order valence-electron chi connectivity index (χ4n) is 3.37. The van der Waals surface area contributed by atoms with Gasteiger partial charge in [-0.05, 0) is 48.0 Å². The Morgan fingerprint density at radius 1 is 1.09 bits per heavy atom. The molecule has 176 valence electrons. The van der Waals surface area contributed by atoms with Crippen molar-refractivity contribution < 1.29 is 22.6 Å². The van der Waals surface area contributed by atoms with Gasteiger partial charge in [-0.3, -0.25) is 4.79 Å². The van der Waals surface area contributed by atoms with Crippen LogP contribution in [0.3, 0.4) is 0 Å². The summed E-state index contributed by atoms with van der Waals surface area (Å²) in [5.74, 6) is 0.642. The van der Waals surface area contributed by atoms with E-state index in [1.54, 1.807) is 42.5 Å². The summed E-state index contributed by atoms with van der Waals surface area (Å²) in [4.78, 5) is 17.7. The van der Waals surface area contributed by atoms with Crippen molar-refractivity contribution in [3.63, 3.8) is 0 Å². The van der Waals surface area contributed by atoms with E-state index in [2.05, 4.69) is 10.1 Å². The molecule has 0 spiro atoms. The van der Waals surface area contributed by atoms with Crippen LogP contribution in [0.1, 0.15) is 11.1 Å². The van der Waals surface area contributed by atoms with Crippen LogP contribution in [0.15, 0.2) is 76.6 Å². The summed E-state index contributed by atoms with van der Waals surface area (Å²) < 4.78 is 51.5. The van der Waals surface area contributed by atoms with Crippen molar-refractivity contribution in [2.24, 2.45) is 5.10 Å². The quantitative estimate of drug-likeness (QED) is 0.369. The minimum absolute atomic E-state index is 0.0445. The molecule has 0 aliphatic rings. The highest BCUT2D eigenvalue weighted by atomic mass is 19.4. The van der Waals surface area contributed by atoms with E-state index in [-0.39, 0.29) is 23.4 Å². The molecule has 0 amide bonds. The number of para-hydroxylation sites is 1. The highest BCUT2D eigenvalue weighted by molar-refractivity contribution is 5.82. The zero-order chi connectivity index (χ0) is 25.0. The molecule has 0 unspecified atom stereocenters. The molecule has 1 heterocycles. The Kier molecular flexibility index (Phi) is 6.51. The first kappa shape index (κ1) is 23.5.